The highest BCUT2D eigenvalue weighted by Crippen LogP contribution is 2.18. The first-order valence-corrected chi connectivity index (χ1v) is 5.45. The molecule has 0 radical (unpaired) electrons. The molecule has 0 aromatic rings. The van der Waals surface area contributed by atoms with Gasteiger partial charge in [-0.3, -0.25) is 4.90 Å². The molecule has 0 saturated carbocycles. The molecule has 0 spiro atoms. The molecule has 84 valence electrons. The lowest BCUT2D eigenvalue weighted by molar-refractivity contribution is 0.101. The van der Waals surface area contributed by atoms with E-state index in [0.29, 0.717) is 6.04 Å². The summed E-state index contributed by atoms with van der Waals surface area (Å²) in [6, 6.07) is 0.598. The third kappa shape index (κ3) is 4.77. The third-order valence-corrected chi connectivity index (χ3v) is 2.53. The van der Waals surface area contributed by atoms with Gasteiger partial charge in [-0.1, -0.05) is 6.08 Å². The summed E-state index contributed by atoms with van der Waals surface area (Å²) < 4.78 is 0. The van der Waals surface area contributed by atoms with Gasteiger partial charge in [-0.15, -0.1) is 6.58 Å². The maximum Gasteiger partial charge on any atom is 0.0168 e. The molecule has 0 rings (SSSR count). The lowest BCUT2D eigenvalue weighted by Crippen LogP contribution is -2.47. The van der Waals surface area contributed by atoms with Crippen LogP contribution in [0.5, 0.6) is 0 Å². The maximum absolute atomic E-state index is 3.82. The molecule has 0 saturated heterocycles. The highest BCUT2D eigenvalue weighted by molar-refractivity contribution is 4.86. The smallest absolute Gasteiger partial charge is 0.0168 e. The first-order chi connectivity index (χ1) is 6.43. The molecule has 0 aliphatic heterocycles. The van der Waals surface area contributed by atoms with Crippen molar-refractivity contribution in [3.8, 4) is 0 Å². The van der Waals surface area contributed by atoms with E-state index in [1.807, 2.05) is 13.1 Å². The number of hydrogen-bond acceptors (Lipinski definition) is 2. The van der Waals surface area contributed by atoms with Gasteiger partial charge in [-0.05, 0) is 47.7 Å². The number of nitrogens with zero attached hydrogens (tertiary/aromatic N) is 1. The number of nitrogens with one attached hydrogen (secondary N) is 1. The van der Waals surface area contributed by atoms with Crippen LogP contribution in [0, 0.1) is 0 Å². The van der Waals surface area contributed by atoms with Crippen LogP contribution >= 0.6 is 0 Å². The van der Waals surface area contributed by atoms with Crippen LogP contribution in [0.15, 0.2) is 12.7 Å². The van der Waals surface area contributed by atoms with Crippen LogP contribution in [-0.4, -0.2) is 36.6 Å². The van der Waals surface area contributed by atoms with E-state index in [1.54, 1.807) is 0 Å². The fourth-order valence-electron chi connectivity index (χ4n) is 1.76. The van der Waals surface area contributed by atoms with Crippen molar-refractivity contribution in [3.63, 3.8) is 0 Å². The second-order valence-corrected chi connectivity index (χ2v) is 4.85. The Balaban J connectivity index is 4.25. The van der Waals surface area contributed by atoms with Gasteiger partial charge >= 0.3 is 0 Å². The predicted octanol–water partition coefficient (Wildman–Crippen LogP) is 2.27. The largest absolute Gasteiger partial charge is 0.320 e. The van der Waals surface area contributed by atoms with Crippen LogP contribution in [0.1, 0.15) is 34.1 Å². The summed E-state index contributed by atoms with van der Waals surface area (Å²) in [4.78, 5) is 2.48. The van der Waals surface area contributed by atoms with Crippen molar-refractivity contribution < 1.29 is 0 Å². The van der Waals surface area contributed by atoms with Crippen molar-refractivity contribution in [2.24, 2.45) is 0 Å². The summed E-state index contributed by atoms with van der Waals surface area (Å²) >= 11 is 0. The van der Waals surface area contributed by atoms with Crippen molar-refractivity contribution in [2.75, 3.05) is 20.1 Å². The van der Waals surface area contributed by atoms with Crippen molar-refractivity contribution in [3.05, 3.63) is 12.7 Å². The van der Waals surface area contributed by atoms with E-state index >= 15 is 0 Å². The van der Waals surface area contributed by atoms with Crippen molar-refractivity contribution in [1.29, 1.82) is 0 Å². The van der Waals surface area contributed by atoms with Crippen LogP contribution in [0.4, 0.5) is 0 Å². The molecule has 2 heteroatoms. The van der Waals surface area contributed by atoms with Gasteiger partial charge in [0.05, 0.1) is 0 Å². The molecule has 1 N–H and O–H groups in total. The topological polar surface area (TPSA) is 15.3 Å². The van der Waals surface area contributed by atoms with Gasteiger partial charge in [0.1, 0.15) is 0 Å². The predicted molar refractivity (Wildman–Crippen MR) is 64.7 cm³/mol. The number of hydrogen-bond donors (Lipinski definition) is 1. The second-order valence-electron chi connectivity index (χ2n) is 4.85. The Bertz CT molecular complexity index is 158. The Hall–Kier alpha value is -0.340. The van der Waals surface area contributed by atoms with Crippen molar-refractivity contribution >= 4 is 0 Å². The normalized spacial score (nSPS) is 14.4. The van der Waals surface area contributed by atoms with Crippen LogP contribution in [0.25, 0.3) is 0 Å². The summed E-state index contributed by atoms with van der Waals surface area (Å²) in [6.07, 6.45) is 3.17. The zero-order chi connectivity index (χ0) is 11.2. The highest BCUT2D eigenvalue weighted by Gasteiger charge is 2.24. The van der Waals surface area contributed by atoms with E-state index in [9.17, 15) is 0 Å². The molecule has 0 aliphatic rings. The minimum absolute atomic E-state index is 0.224. The van der Waals surface area contributed by atoms with E-state index < -0.39 is 0 Å². The van der Waals surface area contributed by atoms with Crippen molar-refractivity contribution in [1.82, 2.24) is 10.2 Å². The molecule has 0 aromatic carbocycles. The molecule has 0 aromatic heterocycles. The van der Waals surface area contributed by atoms with Crippen LogP contribution < -0.4 is 5.32 Å². The molecular weight excluding hydrogens is 172 g/mol. The maximum atomic E-state index is 3.82. The van der Waals surface area contributed by atoms with E-state index in [1.165, 1.54) is 6.42 Å². The van der Waals surface area contributed by atoms with E-state index in [4.69, 9.17) is 0 Å². The monoisotopic (exact) mass is 198 g/mol. The van der Waals surface area contributed by atoms with Gasteiger partial charge < -0.3 is 5.32 Å². The minimum Gasteiger partial charge on any atom is -0.320 e. The summed E-state index contributed by atoms with van der Waals surface area (Å²) in [5.41, 5.74) is 0.224. The zero-order valence-electron chi connectivity index (χ0n) is 10.4. The Labute approximate surface area is 89.4 Å². The molecule has 0 fully saturated rings. The standard InChI is InChI=1S/C12H26N2/c1-7-10-14(12(3,4)5)11(2)8-9-13-6/h7,11,13H,1,8-10H2,2-6H3. The fourth-order valence-corrected chi connectivity index (χ4v) is 1.76. The molecule has 0 aliphatic carbocycles. The Kier molecular flexibility index (Phi) is 6.05. The molecule has 0 amide bonds. The molecule has 2 nitrogen and oxygen atoms in total. The van der Waals surface area contributed by atoms with Crippen LogP contribution in [-0.2, 0) is 0 Å². The van der Waals surface area contributed by atoms with Gasteiger partial charge in [0.2, 0.25) is 0 Å². The van der Waals surface area contributed by atoms with Gasteiger partial charge in [-0.25, -0.2) is 0 Å². The third-order valence-electron chi connectivity index (χ3n) is 2.53. The SMILES string of the molecule is C=CCN(C(C)CCNC)C(C)(C)C. The van der Waals surface area contributed by atoms with Gasteiger partial charge in [0, 0.05) is 18.1 Å². The Morgan fingerprint density at radius 1 is 1.43 bits per heavy atom. The van der Waals surface area contributed by atoms with Crippen LogP contribution in [0.2, 0.25) is 0 Å². The summed E-state index contributed by atoms with van der Waals surface area (Å²) in [5, 5.41) is 3.19. The quantitative estimate of drug-likeness (QED) is 0.659. The second kappa shape index (κ2) is 6.20. The Morgan fingerprint density at radius 2 is 2.00 bits per heavy atom. The highest BCUT2D eigenvalue weighted by atomic mass is 15.2. The zero-order valence-corrected chi connectivity index (χ0v) is 10.4. The van der Waals surface area contributed by atoms with E-state index in [0.717, 1.165) is 13.1 Å². The lowest BCUT2D eigenvalue weighted by atomic mass is 10.0. The molecule has 0 heterocycles. The molecule has 0 bridgehead atoms. The number of rotatable bonds is 6. The molecule has 1 unspecified atom stereocenters. The first kappa shape index (κ1) is 13.7. The summed E-state index contributed by atoms with van der Waals surface area (Å²) in [7, 11) is 2.00. The molecular formula is C12H26N2. The van der Waals surface area contributed by atoms with Crippen LogP contribution in [0.3, 0.4) is 0 Å². The van der Waals surface area contributed by atoms with Crippen molar-refractivity contribution in [2.45, 2.75) is 45.7 Å². The fraction of sp³-hybridized carbons (Fsp3) is 0.833. The molecule has 14 heavy (non-hydrogen) atoms. The first-order valence-electron chi connectivity index (χ1n) is 5.45. The van der Waals surface area contributed by atoms with Gasteiger partial charge in [0.15, 0.2) is 0 Å². The van der Waals surface area contributed by atoms with Gasteiger partial charge in [0.25, 0.3) is 0 Å². The summed E-state index contributed by atoms with van der Waals surface area (Å²) in [5.74, 6) is 0. The average Bonchev–Trinajstić information content (AvgIpc) is 2.08. The summed E-state index contributed by atoms with van der Waals surface area (Å²) in [6.45, 7) is 14.9. The van der Waals surface area contributed by atoms with E-state index in [-0.39, 0.29) is 5.54 Å². The lowest BCUT2D eigenvalue weighted by Gasteiger charge is -2.39. The molecule has 1 atom stereocenters. The van der Waals surface area contributed by atoms with E-state index in [2.05, 4.69) is 44.5 Å². The average molecular weight is 198 g/mol. The minimum atomic E-state index is 0.224. The van der Waals surface area contributed by atoms with Gasteiger partial charge in [-0.2, -0.15) is 0 Å². The Morgan fingerprint density at radius 3 is 2.36 bits per heavy atom.